The van der Waals surface area contributed by atoms with Crippen molar-refractivity contribution in [2.75, 3.05) is 18.0 Å². The molecule has 2 aliphatic rings. The highest BCUT2D eigenvalue weighted by molar-refractivity contribution is 5.28. The molecule has 2 atom stereocenters. The zero-order chi connectivity index (χ0) is 9.54. The maximum Gasteiger partial charge on any atom is 0.318 e. The SMILES string of the molecule is NCc1nnc(N2CC3CCC3C2)o1. The summed E-state index contributed by atoms with van der Waals surface area (Å²) in [4.78, 5) is 2.19. The van der Waals surface area contributed by atoms with Crippen molar-refractivity contribution in [2.24, 2.45) is 17.6 Å². The molecular weight excluding hydrogens is 180 g/mol. The van der Waals surface area contributed by atoms with Crippen molar-refractivity contribution in [1.82, 2.24) is 10.2 Å². The molecule has 14 heavy (non-hydrogen) atoms. The van der Waals surface area contributed by atoms with Crippen molar-refractivity contribution in [2.45, 2.75) is 19.4 Å². The standard InChI is InChI=1S/C9H14N4O/c10-3-8-11-12-9(14-8)13-4-6-1-2-7(6)5-13/h6-7H,1-5,10H2. The first-order chi connectivity index (χ1) is 6.86. The van der Waals surface area contributed by atoms with Gasteiger partial charge in [0.25, 0.3) is 0 Å². The second kappa shape index (κ2) is 2.95. The smallest absolute Gasteiger partial charge is 0.318 e. The molecule has 1 saturated heterocycles. The van der Waals surface area contributed by atoms with Crippen LogP contribution in [-0.2, 0) is 6.54 Å². The lowest BCUT2D eigenvalue weighted by atomic mass is 9.77. The molecule has 1 aromatic heterocycles. The number of hydrogen-bond acceptors (Lipinski definition) is 5. The highest BCUT2D eigenvalue weighted by Crippen LogP contribution is 2.41. The highest BCUT2D eigenvalue weighted by Gasteiger charge is 2.40. The molecule has 0 bridgehead atoms. The maximum absolute atomic E-state index is 5.42. The van der Waals surface area contributed by atoms with Crippen LogP contribution >= 0.6 is 0 Å². The molecule has 3 rings (SSSR count). The van der Waals surface area contributed by atoms with E-state index < -0.39 is 0 Å². The number of nitrogens with zero attached hydrogens (tertiary/aromatic N) is 3. The minimum atomic E-state index is 0.327. The molecule has 0 spiro atoms. The second-order valence-corrected chi connectivity index (χ2v) is 4.18. The van der Waals surface area contributed by atoms with Crippen LogP contribution in [0.3, 0.4) is 0 Å². The van der Waals surface area contributed by atoms with E-state index in [2.05, 4.69) is 15.1 Å². The van der Waals surface area contributed by atoms with Gasteiger partial charge in [-0.25, -0.2) is 0 Å². The monoisotopic (exact) mass is 194 g/mol. The van der Waals surface area contributed by atoms with Gasteiger partial charge < -0.3 is 15.1 Å². The fraction of sp³-hybridized carbons (Fsp3) is 0.778. The van der Waals surface area contributed by atoms with Gasteiger partial charge in [-0.2, -0.15) is 0 Å². The molecule has 2 unspecified atom stereocenters. The lowest BCUT2D eigenvalue weighted by Gasteiger charge is -2.27. The highest BCUT2D eigenvalue weighted by atomic mass is 16.4. The van der Waals surface area contributed by atoms with Crippen molar-refractivity contribution in [1.29, 1.82) is 0 Å². The molecule has 2 heterocycles. The fourth-order valence-electron chi connectivity index (χ4n) is 2.37. The van der Waals surface area contributed by atoms with Gasteiger partial charge in [-0.3, -0.25) is 0 Å². The minimum Gasteiger partial charge on any atom is -0.407 e. The summed E-state index contributed by atoms with van der Waals surface area (Å²) in [6.07, 6.45) is 2.72. The molecule has 1 aliphatic heterocycles. The van der Waals surface area contributed by atoms with Gasteiger partial charge in [0.05, 0.1) is 6.54 Å². The normalized spacial score (nSPS) is 30.2. The number of rotatable bonds is 2. The summed E-state index contributed by atoms with van der Waals surface area (Å²) in [6.45, 7) is 2.49. The van der Waals surface area contributed by atoms with Crippen LogP contribution in [0.25, 0.3) is 0 Å². The van der Waals surface area contributed by atoms with Crippen LogP contribution in [0, 0.1) is 11.8 Å². The van der Waals surface area contributed by atoms with Crippen LogP contribution in [-0.4, -0.2) is 23.3 Å². The molecule has 0 amide bonds. The number of fused-ring (bicyclic) bond motifs is 1. The Morgan fingerprint density at radius 2 is 2.00 bits per heavy atom. The maximum atomic E-state index is 5.42. The van der Waals surface area contributed by atoms with Crippen LogP contribution in [0.2, 0.25) is 0 Å². The first-order valence-corrected chi connectivity index (χ1v) is 5.14. The quantitative estimate of drug-likeness (QED) is 0.736. The van der Waals surface area contributed by atoms with Gasteiger partial charge in [-0.1, -0.05) is 5.10 Å². The van der Waals surface area contributed by atoms with Crippen LogP contribution in [0.15, 0.2) is 4.42 Å². The number of aromatic nitrogens is 2. The Kier molecular flexibility index (Phi) is 1.73. The van der Waals surface area contributed by atoms with E-state index in [1.165, 1.54) is 12.8 Å². The molecule has 1 saturated carbocycles. The van der Waals surface area contributed by atoms with E-state index in [4.69, 9.17) is 10.2 Å². The van der Waals surface area contributed by atoms with E-state index in [9.17, 15) is 0 Å². The number of hydrogen-bond donors (Lipinski definition) is 1. The largest absolute Gasteiger partial charge is 0.407 e. The van der Waals surface area contributed by atoms with Gasteiger partial charge in [0.2, 0.25) is 5.89 Å². The Morgan fingerprint density at radius 1 is 1.29 bits per heavy atom. The molecule has 76 valence electrons. The van der Waals surface area contributed by atoms with Crippen LogP contribution < -0.4 is 10.6 Å². The van der Waals surface area contributed by atoms with E-state index in [-0.39, 0.29) is 0 Å². The van der Waals surface area contributed by atoms with Crippen molar-refractivity contribution < 1.29 is 4.42 Å². The summed E-state index contributed by atoms with van der Waals surface area (Å²) in [5, 5.41) is 7.86. The third-order valence-corrected chi connectivity index (χ3v) is 3.39. The van der Waals surface area contributed by atoms with E-state index in [1.807, 2.05) is 0 Å². The van der Waals surface area contributed by atoms with Crippen LogP contribution in [0.4, 0.5) is 6.01 Å². The summed E-state index contributed by atoms with van der Waals surface area (Å²) in [5.74, 6) is 2.26. The van der Waals surface area contributed by atoms with Crippen molar-refractivity contribution in [3.8, 4) is 0 Å². The molecule has 5 nitrogen and oxygen atoms in total. The summed E-state index contributed by atoms with van der Waals surface area (Å²) in [5.41, 5.74) is 5.41. The van der Waals surface area contributed by atoms with Crippen molar-refractivity contribution in [3.05, 3.63) is 5.89 Å². The molecule has 1 aromatic rings. The first kappa shape index (κ1) is 8.23. The van der Waals surface area contributed by atoms with E-state index in [0.717, 1.165) is 24.9 Å². The Hall–Kier alpha value is -1.10. The van der Waals surface area contributed by atoms with E-state index >= 15 is 0 Å². The lowest BCUT2D eigenvalue weighted by molar-refractivity contribution is 0.243. The predicted octanol–water partition coefficient (Wildman–Crippen LogP) is 0.374. The summed E-state index contributed by atoms with van der Waals surface area (Å²) >= 11 is 0. The van der Waals surface area contributed by atoms with E-state index in [0.29, 0.717) is 18.5 Å². The third-order valence-electron chi connectivity index (χ3n) is 3.39. The molecule has 2 N–H and O–H groups in total. The van der Waals surface area contributed by atoms with Gasteiger partial charge >= 0.3 is 6.01 Å². The van der Waals surface area contributed by atoms with Gasteiger partial charge in [0.15, 0.2) is 0 Å². The average Bonchev–Trinajstić information content (AvgIpc) is 2.73. The zero-order valence-electron chi connectivity index (χ0n) is 8.02. The molecular formula is C9H14N4O. The van der Waals surface area contributed by atoms with Crippen LogP contribution in [0.5, 0.6) is 0 Å². The Bertz CT molecular complexity index is 325. The zero-order valence-corrected chi connectivity index (χ0v) is 8.02. The van der Waals surface area contributed by atoms with E-state index in [1.54, 1.807) is 0 Å². The van der Waals surface area contributed by atoms with Crippen molar-refractivity contribution in [3.63, 3.8) is 0 Å². The summed E-state index contributed by atoms with van der Waals surface area (Å²) in [6, 6.07) is 0.653. The third kappa shape index (κ3) is 1.12. The average molecular weight is 194 g/mol. The topological polar surface area (TPSA) is 68.2 Å². The summed E-state index contributed by atoms with van der Waals surface area (Å²) in [7, 11) is 0. The van der Waals surface area contributed by atoms with Gasteiger partial charge in [0, 0.05) is 13.1 Å². The fourth-order valence-corrected chi connectivity index (χ4v) is 2.37. The Balaban J connectivity index is 1.76. The predicted molar refractivity (Wildman–Crippen MR) is 50.6 cm³/mol. The molecule has 5 heteroatoms. The van der Waals surface area contributed by atoms with Gasteiger partial charge in [0.1, 0.15) is 0 Å². The summed E-state index contributed by atoms with van der Waals surface area (Å²) < 4.78 is 5.42. The lowest BCUT2D eigenvalue weighted by Crippen LogP contribution is -2.22. The number of nitrogens with two attached hydrogens (primary N) is 1. The minimum absolute atomic E-state index is 0.327. The molecule has 0 radical (unpaired) electrons. The Morgan fingerprint density at radius 3 is 2.50 bits per heavy atom. The first-order valence-electron chi connectivity index (χ1n) is 5.14. The molecule has 1 aliphatic carbocycles. The van der Waals surface area contributed by atoms with Gasteiger partial charge in [-0.15, -0.1) is 5.10 Å². The molecule has 0 aromatic carbocycles. The van der Waals surface area contributed by atoms with Gasteiger partial charge in [-0.05, 0) is 24.7 Å². The molecule has 2 fully saturated rings. The Labute approximate surface area is 82.3 Å². The second-order valence-electron chi connectivity index (χ2n) is 4.18. The van der Waals surface area contributed by atoms with Crippen molar-refractivity contribution >= 4 is 6.01 Å². The van der Waals surface area contributed by atoms with Crippen LogP contribution in [0.1, 0.15) is 18.7 Å². The number of anilines is 1.